The number of rotatable bonds is 2. The van der Waals surface area contributed by atoms with Crippen molar-refractivity contribution in [3.8, 4) is 0 Å². The third-order valence-electron chi connectivity index (χ3n) is 6.07. The van der Waals surface area contributed by atoms with E-state index >= 15 is 0 Å². The number of hydrogen-bond acceptors (Lipinski definition) is 4. The van der Waals surface area contributed by atoms with E-state index in [2.05, 4.69) is 19.7 Å². The summed E-state index contributed by atoms with van der Waals surface area (Å²) in [5, 5.41) is 38.8. The summed E-state index contributed by atoms with van der Waals surface area (Å²) in [5.74, 6) is 0.297. The van der Waals surface area contributed by atoms with E-state index < -0.39 is 24.4 Å². The largest absolute Gasteiger partial charge is 0.392 e. The van der Waals surface area contributed by atoms with Gasteiger partial charge in [0.2, 0.25) is 0 Å². The number of aliphatic hydroxyl groups excluding tert-OH is 4. The average Bonchev–Trinajstić information content (AvgIpc) is 2.64. The first-order chi connectivity index (χ1) is 12.6. The minimum absolute atomic E-state index is 0. The van der Waals surface area contributed by atoms with E-state index in [-0.39, 0.29) is 38.5 Å². The molecule has 0 unspecified atom stereocenters. The summed E-state index contributed by atoms with van der Waals surface area (Å²) >= 11 is 0. The molecule has 4 nitrogen and oxygen atoms in total. The van der Waals surface area contributed by atoms with Gasteiger partial charge in [0.1, 0.15) is 0 Å². The van der Waals surface area contributed by atoms with Gasteiger partial charge in [-0.15, -0.1) is 0 Å². The maximum atomic E-state index is 9.80. The number of allylic oxidation sites excluding steroid dienone is 4. The summed E-state index contributed by atoms with van der Waals surface area (Å²) in [5.41, 5.74) is 2.65. The standard InChI is InChI=1S/C12H18O2.C11H18O2.2CH4/c1-5-6-10-7(2)11(13)9(4)12(14)8(10)3;1-4-5-9-7(2)10(12)6-11(13)8(9)3;;/h5-8,11-14H,1,4H2,2-3H3;4-5,7-8,10-13H,1,6H2,2-3H3;2*1H4/t7-,8+,11-,12-;7-,8+,10-,11-;;/m10../s1. The normalized spacial score (nSPS) is 39.5. The molecule has 2 aliphatic carbocycles. The van der Waals surface area contributed by atoms with E-state index in [9.17, 15) is 20.4 Å². The van der Waals surface area contributed by atoms with Crippen molar-refractivity contribution in [1.82, 2.24) is 0 Å². The van der Waals surface area contributed by atoms with Gasteiger partial charge in [0, 0.05) is 30.1 Å². The summed E-state index contributed by atoms with van der Waals surface area (Å²) in [6.07, 6.45) is 5.53. The highest BCUT2D eigenvalue weighted by molar-refractivity contribution is 5.30. The topological polar surface area (TPSA) is 80.9 Å². The molecule has 0 amide bonds. The van der Waals surface area contributed by atoms with E-state index in [1.165, 1.54) is 0 Å². The predicted octanol–water partition coefficient (Wildman–Crippen LogP) is 4.43. The Balaban J connectivity index is 0. The predicted molar refractivity (Wildman–Crippen MR) is 124 cm³/mol. The maximum absolute atomic E-state index is 9.80. The Bertz CT molecular complexity index is 568. The third-order valence-corrected chi connectivity index (χ3v) is 6.07. The fourth-order valence-electron chi connectivity index (χ4n) is 3.99. The Morgan fingerprint density at radius 3 is 1.31 bits per heavy atom. The monoisotopic (exact) mass is 408 g/mol. The lowest BCUT2D eigenvalue weighted by Gasteiger charge is -2.38. The van der Waals surface area contributed by atoms with E-state index in [0.29, 0.717) is 12.0 Å². The van der Waals surface area contributed by atoms with Crippen LogP contribution in [0.1, 0.15) is 49.0 Å². The van der Waals surface area contributed by atoms with Crippen LogP contribution < -0.4 is 0 Å². The van der Waals surface area contributed by atoms with Crippen molar-refractivity contribution in [3.63, 3.8) is 0 Å². The van der Waals surface area contributed by atoms with Crippen LogP contribution in [0.2, 0.25) is 0 Å². The molecule has 0 aliphatic heterocycles. The highest BCUT2D eigenvalue weighted by Gasteiger charge is 2.37. The molecule has 0 bridgehead atoms. The third kappa shape index (κ3) is 6.78. The molecule has 8 atom stereocenters. The summed E-state index contributed by atoms with van der Waals surface area (Å²) < 4.78 is 0. The molecule has 4 heteroatoms. The highest BCUT2D eigenvalue weighted by Crippen LogP contribution is 2.37. The summed E-state index contributed by atoms with van der Waals surface area (Å²) in [7, 11) is 0. The second-order valence-electron chi connectivity index (χ2n) is 7.79. The molecule has 0 aromatic heterocycles. The van der Waals surface area contributed by atoms with Gasteiger partial charge in [-0.25, -0.2) is 0 Å². The van der Waals surface area contributed by atoms with Crippen LogP contribution in [0, 0.1) is 23.7 Å². The van der Waals surface area contributed by atoms with Gasteiger partial charge in [0.05, 0.1) is 24.4 Å². The summed E-state index contributed by atoms with van der Waals surface area (Å²) in [6.45, 7) is 18.8. The molecule has 2 aliphatic rings. The Morgan fingerprint density at radius 1 is 0.690 bits per heavy atom. The molecule has 0 aromatic carbocycles. The van der Waals surface area contributed by atoms with Crippen molar-refractivity contribution in [2.75, 3.05) is 0 Å². The lowest BCUT2D eigenvalue weighted by atomic mass is 9.72. The van der Waals surface area contributed by atoms with Crippen molar-refractivity contribution < 1.29 is 20.4 Å². The van der Waals surface area contributed by atoms with Crippen molar-refractivity contribution in [2.45, 2.75) is 73.4 Å². The molecule has 0 radical (unpaired) electrons. The summed E-state index contributed by atoms with van der Waals surface area (Å²) in [4.78, 5) is 0. The molecular formula is C25H44O4. The maximum Gasteiger partial charge on any atom is 0.0835 e. The second kappa shape index (κ2) is 13.0. The van der Waals surface area contributed by atoms with Crippen molar-refractivity contribution in [1.29, 1.82) is 0 Å². The van der Waals surface area contributed by atoms with Crippen molar-refractivity contribution in [2.24, 2.45) is 23.7 Å². The van der Waals surface area contributed by atoms with Crippen LogP contribution in [0.3, 0.4) is 0 Å². The Morgan fingerprint density at radius 2 is 1.00 bits per heavy atom. The van der Waals surface area contributed by atoms with Gasteiger partial charge in [-0.05, 0) is 5.57 Å². The van der Waals surface area contributed by atoms with Gasteiger partial charge in [-0.1, -0.05) is 97.7 Å². The van der Waals surface area contributed by atoms with Crippen LogP contribution in [0.15, 0.2) is 60.8 Å². The average molecular weight is 409 g/mol. The molecule has 4 N–H and O–H groups in total. The SMILES string of the molecule is C.C.C=CC=C1[C@@H](C)[C@@H](O)C(=C)[C@H](O)[C@H]1C.C=CC=C1[C@@H](C)[C@@H](O)C[C@H](O)[C@H]1C. The van der Waals surface area contributed by atoms with Gasteiger partial charge in [-0.2, -0.15) is 0 Å². The molecule has 0 aromatic rings. The molecule has 0 heterocycles. The Labute approximate surface area is 178 Å². The van der Waals surface area contributed by atoms with Crippen LogP contribution in [0.25, 0.3) is 0 Å². The number of hydrogen-bond donors (Lipinski definition) is 4. The fraction of sp³-hybridized carbons (Fsp3) is 0.600. The minimum atomic E-state index is -0.646. The van der Waals surface area contributed by atoms with Gasteiger partial charge in [0.25, 0.3) is 0 Å². The minimum Gasteiger partial charge on any atom is -0.392 e. The molecular weight excluding hydrogens is 364 g/mol. The molecule has 0 spiro atoms. The van der Waals surface area contributed by atoms with Crippen LogP contribution in [0.4, 0.5) is 0 Å². The van der Waals surface area contributed by atoms with Crippen LogP contribution in [0.5, 0.6) is 0 Å². The fourth-order valence-corrected chi connectivity index (χ4v) is 3.99. The quantitative estimate of drug-likeness (QED) is 0.510. The van der Waals surface area contributed by atoms with Crippen molar-refractivity contribution >= 4 is 0 Å². The lowest BCUT2D eigenvalue weighted by Crippen LogP contribution is -2.40. The molecule has 2 saturated carbocycles. The van der Waals surface area contributed by atoms with E-state index in [0.717, 1.165) is 11.1 Å². The highest BCUT2D eigenvalue weighted by atomic mass is 16.3. The molecule has 2 rings (SSSR count). The van der Waals surface area contributed by atoms with Crippen LogP contribution >= 0.6 is 0 Å². The zero-order valence-corrected chi connectivity index (χ0v) is 17.0. The van der Waals surface area contributed by atoms with Gasteiger partial charge in [0.15, 0.2) is 0 Å². The first-order valence-electron chi connectivity index (χ1n) is 9.64. The first kappa shape index (κ1) is 29.7. The Hall–Kier alpha value is -1.46. The van der Waals surface area contributed by atoms with Crippen LogP contribution in [-0.4, -0.2) is 44.8 Å². The zero-order valence-electron chi connectivity index (χ0n) is 17.0. The van der Waals surface area contributed by atoms with Crippen LogP contribution in [-0.2, 0) is 0 Å². The molecule has 29 heavy (non-hydrogen) atoms. The van der Waals surface area contributed by atoms with Gasteiger partial charge < -0.3 is 20.4 Å². The molecule has 2 fully saturated rings. The first-order valence-corrected chi connectivity index (χ1v) is 9.64. The molecule has 0 saturated heterocycles. The second-order valence-corrected chi connectivity index (χ2v) is 7.79. The summed E-state index contributed by atoms with van der Waals surface area (Å²) in [6, 6.07) is 0. The molecule has 168 valence electrons. The van der Waals surface area contributed by atoms with E-state index in [4.69, 9.17) is 0 Å². The van der Waals surface area contributed by atoms with E-state index in [1.807, 2.05) is 39.8 Å². The Kier molecular flexibility index (Phi) is 13.3. The van der Waals surface area contributed by atoms with E-state index in [1.54, 1.807) is 12.2 Å². The smallest absolute Gasteiger partial charge is 0.0835 e. The van der Waals surface area contributed by atoms with Crippen molar-refractivity contribution in [3.05, 3.63) is 60.8 Å². The van der Waals surface area contributed by atoms with Gasteiger partial charge in [-0.3, -0.25) is 0 Å². The number of aliphatic hydroxyl groups is 4. The van der Waals surface area contributed by atoms with Gasteiger partial charge >= 0.3 is 0 Å². The zero-order chi connectivity index (χ0) is 20.9. The lowest BCUT2D eigenvalue weighted by molar-refractivity contribution is 0.00781.